The van der Waals surface area contributed by atoms with Crippen molar-refractivity contribution < 1.29 is 18.8 Å². The molecule has 0 spiro atoms. The molecule has 0 amide bonds. The van der Waals surface area contributed by atoms with Crippen molar-refractivity contribution in [2.24, 2.45) is 0 Å². The van der Waals surface area contributed by atoms with Gasteiger partial charge in [0, 0.05) is 5.39 Å². The third kappa shape index (κ3) is 1.87. The lowest BCUT2D eigenvalue weighted by atomic mass is 10.1. The van der Waals surface area contributed by atoms with Crippen LogP contribution in [-0.4, -0.2) is 15.9 Å². The summed E-state index contributed by atoms with van der Waals surface area (Å²) in [5, 5.41) is 8.43. The minimum Gasteiger partial charge on any atom is -0.477 e. The van der Waals surface area contributed by atoms with Gasteiger partial charge in [0.15, 0.2) is 5.56 Å². The van der Waals surface area contributed by atoms with Gasteiger partial charge in [-0.3, -0.25) is 4.79 Å². The van der Waals surface area contributed by atoms with Gasteiger partial charge in [-0.15, -0.1) is 17.2 Å². The van der Waals surface area contributed by atoms with Gasteiger partial charge in [0.25, 0.3) is 0 Å². The van der Waals surface area contributed by atoms with Crippen LogP contribution in [0, 0.1) is 5.95 Å². The van der Waals surface area contributed by atoms with Crippen molar-refractivity contribution in [3.8, 4) is 0 Å². The Labute approximate surface area is 99.4 Å². The van der Waals surface area contributed by atoms with Gasteiger partial charge in [-0.25, -0.2) is 4.79 Å². The highest BCUT2D eigenvalue weighted by molar-refractivity contribution is 5.92. The first-order valence-electron chi connectivity index (χ1n) is 4.26. The highest BCUT2D eigenvalue weighted by Gasteiger charge is 2.22. The number of hydrogen-bond donors (Lipinski definition) is 1. The van der Waals surface area contributed by atoms with Crippen LogP contribution in [0.4, 0.5) is 8.87 Å². The highest BCUT2D eigenvalue weighted by Crippen LogP contribution is 2.15. The summed E-state index contributed by atoms with van der Waals surface area (Å²) in [7, 11) is 0. The van der Waals surface area contributed by atoms with Crippen LogP contribution in [0.1, 0.15) is 10.4 Å². The predicted molar refractivity (Wildman–Crippen MR) is 58.9 cm³/mol. The largest absolute Gasteiger partial charge is 0.477 e. The molecule has 4 nitrogen and oxygen atoms in total. The highest BCUT2D eigenvalue weighted by atomic mass is 35.5. The summed E-state index contributed by atoms with van der Waals surface area (Å²) in [5.41, 5.74) is -2.52. The first-order valence-corrected chi connectivity index (χ1v) is 4.26. The first kappa shape index (κ1) is 13.1. The minimum atomic E-state index is -1.79. The van der Waals surface area contributed by atoms with Crippen LogP contribution in [0.25, 0.3) is 10.9 Å². The number of carboxylic acid groups (broad SMARTS) is 1. The second kappa shape index (κ2) is 4.50. The molecule has 1 heterocycles. The molecule has 1 aromatic carbocycles. The van der Waals surface area contributed by atoms with Gasteiger partial charge < -0.3 is 5.11 Å². The van der Waals surface area contributed by atoms with Crippen LogP contribution in [0.2, 0.25) is 0 Å². The van der Waals surface area contributed by atoms with Crippen LogP contribution < -0.4 is 5.43 Å². The standard InChI is InChI=1S/C10H5F2NO3.ClH/c11-9-7(10(15)16)8(14)5-3-1-2-4-6(5)13(9)12;/h1-4H,(H,15,16);1H. The molecule has 0 saturated heterocycles. The number of rotatable bonds is 1. The molecule has 0 aliphatic rings. The van der Waals surface area contributed by atoms with Crippen molar-refractivity contribution in [2.45, 2.75) is 0 Å². The van der Waals surface area contributed by atoms with Gasteiger partial charge in [-0.05, 0) is 12.1 Å². The van der Waals surface area contributed by atoms with E-state index < -0.39 is 27.7 Å². The topological polar surface area (TPSA) is 59.3 Å². The Bertz CT molecular complexity index is 654. The lowest BCUT2D eigenvalue weighted by Gasteiger charge is -2.04. The number of para-hydroxylation sites is 1. The molecule has 0 fully saturated rings. The second-order valence-electron chi connectivity index (χ2n) is 3.10. The summed E-state index contributed by atoms with van der Waals surface area (Å²) in [6.07, 6.45) is 0. The Hall–Kier alpha value is -1.95. The summed E-state index contributed by atoms with van der Waals surface area (Å²) in [6.45, 7) is 0. The van der Waals surface area contributed by atoms with Gasteiger partial charge in [-0.1, -0.05) is 16.6 Å². The maximum atomic E-state index is 13.3. The summed E-state index contributed by atoms with van der Waals surface area (Å²) in [5.74, 6) is -3.49. The number of halogens is 3. The molecule has 0 saturated carbocycles. The van der Waals surface area contributed by atoms with E-state index in [-0.39, 0.29) is 23.3 Å². The van der Waals surface area contributed by atoms with Crippen LogP contribution in [0.3, 0.4) is 0 Å². The number of aromatic carboxylic acids is 1. The molecular formula is C10H6ClF2NO3. The number of hydrogen-bond acceptors (Lipinski definition) is 2. The monoisotopic (exact) mass is 261 g/mol. The average molecular weight is 262 g/mol. The third-order valence-electron chi connectivity index (χ3n) is 2.18. The number of fused-ring (bicyclic) bond motifs is 1. The first-order chi connectivity index (χ1) is 7.54. The van der Waals surface area contributed by atoms with Crippen LogP contribution in [0.5, 0.6) is 0 Å². The smallest absolute Gasteiger partial charge is 0.344 e. The van der Waals surface area contributed by atoms with E-state index in [2.05, 4.69) is 0 Å². The van der Waals surface area contributed by atoms with E-state index in [9.17, 15) is 18.5 Å². The Morgan fingerprint density at radius 3 is 2.47 bits per heavy atom. The zero-order valence-electron chi connectivity index (χ0n) is 8.18. The Morgan fingerprint density at radius 1 is 1.29 bits per heavy atom. The summed E-state index contributed by atoms with van der Waals surface area (Å²) >= 11 is 0. The SMILES string of the molecule is Cl.O=C(O)c1c(F)n(F)c2ccccc2c1=O. The molecule has 0 unspecified atom stereocenters. The maximum Gasteiger partial charge on any atom is 0.344 e. The van der Waals surface area contributed by atoms with Gasteiger partial charge in [0.2, 0.25) is 11.4 Å². The number of carbonyl (C=O) groups is 1. The minimum absolute atomic E-state index is 0. The zero-order chi connectivity index (χ0) is 11.9. The van der Waals surface area contributed by atoms with Gasteiger partial charge in [0.05, 0.1) is 5.52 Å². The Kier molecular flexibility index (Phi) is 3.47. The zero-order valence-corrected chi connectivity index (χ0v) is 9.00. The summed E-state index contributed by atoms with van der Waals surface area (Å²) < 4.78 is 26.6. The molecule has 17 heavy (non-hydrogen) atoms. The fourth-order valence-electron chi connectivity index (χ4n) is 1.45. The lowest BCUT2D eigenvalue weighted by molar-refractivity contribution is 0.0685. The second-order valence-corrected chi connectivity index (χ2v) is 3.10. The van der Waals surface area contributed by atoms with Crippen molar-refractivity contribution in [2.75, 3.05) is 0 Å². The lowest BCUT2D eigenvalue weighted by Crippen LogP contribution is -2.21. The molecule has 1 N–H and O–H groups in total. The molecule has 0 aliphatic carbocycles. The van der Waals surface area contributed by atoms with Crippen LogP contribution >= 0.6 is 12.4 Å². The summed E-state index contributed by atoms with van der Waals surface area (Å²) in [6, 6.07) is 5.27. The van der Waals surface area contributed by atoms with Gasteiger partial charge >= 0.3 is 5.97 Å². The van der Waals surface area contributed by atoms with Gasteiger partial charge in [0.1, 0.15) is 0 Å². The quantitative estimate of drug-likeness (QED) is 0.799. The van der Waals surface area contributed by atoms with Crippen LogP contribution in [0.15, 0.2) is 29.1 Å². The molecule has 2 rings (SSSR count). The van der Waals surface area contributed by atoms with E-state index >= 15 is 0 Å². The average Bonchev–Trinajstić information content (AvgIpc) is 2.26. The summed E-state index contributed by atoms with van der Waals surface area (Å²) in [4.78, 5) is 21.7. The maximum absolute atomic E-state index is 13.3. The van der Waals surface area contributed by atoms with Gasteiger partial charge in [-0.2, -0.15) is 4.39 Å². The molecule has 90 valence electrons. The van der Waals surface area contributed by atoms with Crippen molar-refractivity contribution in [3.63, 3.8) is 0 Å². The molecule has 0 atom stereocenters. The molecular weight excluding hydrogens is 256 g/mol. The molecule has 0 radical (unpaired) electrons. The fourth-order valence-corrected chi connectivity index (χ4v) is 1.45. The number of pyridine rings is 1. The van der Waals surface area contributed by atoms with E-state index in [1.54, 1.807) is 0 Å². The van der Waals surface area contributed by atoms with Crippen LogP contribution in [-0.2, 0) is 0 Å². The van der Waals surface area contributed by atoms with E-state index in [1.165, 1.54) is 24.3 Å². The normalized spacial score (nSPS) is 10.0. The fraction of sp³-hybridized carbons (Fsp3) is 0. The Balaban J connectivity index is 0.00000144. The van der Waals surface area contributed by atoms with Crippen molar-refractivity contribution in [3.05, 3.63) is 46.0 Å². The molecule has 0 bridgehead atoms. The number of nitrogens with zero attached hydrogens (tertiary/aromatic N) is 1. The van der Waals surface area contributed by atoms with E-state index in [4.69, 9.17) is 5.11 Å². The number of aromatic nitrogens is 1. The molecule has 0 aliphatic heterocycles. The number of carboxylic acids is 1. The number of benzene rings is 1. The van der Waals surface area contributed by atoms with E-state index in [0.29, 0.717) is 0 Å². The molecule has 1 aromatic heterocycles. The van der Waals surface area contributed by atoms with Crippen molar-refractivity contribution >= 4 is 29.3 Å². The van der Waals surface area contributed by atoms with E-state index in [0.717, 1.165) is 0 Å². The van der Waals surface area contributed by atoms with Crippen molar-refractivity contribution in [1.82, 2.24) is 4.79 Å². The Morgan fingerprint density at radius 2 is 1.88 bits per heavy atom. The molecule has 7 heteroatoms. The third-order valence-corrected chi connectivity index (χ3v) is 2.18. The van der Waals surface area contributed by atoms with Crippen molar-refractivity contribution in [1.29, 1.82) is 0 Å². The predicted octanol–water partition coefficient (Wildman–Crippen LogP) is 1.99. The molecule has 2 aromatic rings. The van der Waals surface area contributed by atoms with E-state index in [1.807, 2.05) is 0 Å².